The second kappa shape index (κ2) is 26.3. The summed E-state index contributed by atoms with van der Waals surface area (Å²) in [6, 6.07) is 21.0. The summed E-state index contributed by atoms with van der Waals surface area (Å²) in [5, 5.41) is 5.37. The fourth-order valence-corrected chi connectivity index (χ4v) is 11.5. The van der Waals surface area contributed by atoms with E-state index in [1.165, 1.54) is 32.2 Å². The highest BCUT2D eigenvalue weighted by atomic mass is 31.2. The molecule has 6 N–H and O–H groups in total. The van der Waals surface area contributed by atoms with Crippen molar-refractivity contribution in [1.82, 2.24) is 19.8 Å². The molecule has 0 saturated carbocycles. The quantitative estimate of drug-likeness (QED) is 0.0158. The number of allylic oxidation sites excluding steroid dienone is 2. The Morgan fingerprint density at radius 2 is 1.57 bits per heavy atom. The van der Waals surface area contributed by atoms with Gasteiger partial charge in [0.25, 0.3) is 0 Å². The molecule has 1 fully saturated rings. The Balaban J connectivity index is 0.777. The fourth-order valence-electron chi connectivity index (χ4n) is 11.0. The van der Waals surface area contributed by atoms with Crippen LogP contribution in [0.3, 0.4) is 0 Å². The van der Waals surface area contributed by atoms with Gasteiger partial charge in [0.2, 0.25) is 29.5 Å². The number of nitrogens with two attached hydrogens (primary N) is 1. The third-order valence-corrected chi connectivity index (χ3v) is 16.7. The predicted molar refractivity (Wildman–Crippen MR) is 300 cm³/mol. The maximum Gasteiger partial charge on any atom is 0.399 e. The first kappa shape index (κ1) is 60.8. The number of alkyl halides is 2. The van der Waals surface area contributed by atoms with Crippen LogP contribution in [0, 0.1) is 5.92 Å². The van der Waals surface area contributed by atoms with Crippen LogP contribution < -0.4 is 27.0 Å². The number of amides is 5. The van der Waals surface area contributed by atoms with Gasteiger partial charge in [0.1, 0.15) is 18.7 Å². The van der Waals surface area contributed by atoms with Gasteiger partial charge >= 0.3 is 18.9 Å². The number of primary amides is 1. The zero-order valence-corrected chi connectivity index (χ0v) is 47.0. The number of fused-ring (bicyclic) bond motifs is 1. The van der Waals surface area contributed by atoms with Crippen molar-refractivity contribution in [3.63, 3.8) is 0 Å². The van der Waals surface area contributed by atoms with Gasteiger partial charge in [-0.05, 0) is 129 Å². The van der Waals surface area contributed by atoms with Gasteiger partial charge in [0, 0.05) is 57.2 Å². The number of carbonyl (C=O) groups excluding carboxylic acids is 7. The normalized spacial score (nSPS) is 18.2. The van der Waals surface area contributed by atoms with Crippen LogP contribution in [-0.2, 0) is 92.6 Å². The van der Waals surface area contributed by atoms with Gasteiger partial charge in [-0.25, -0.2) is 4.79 Å². The molecule has 0 aliphatic carbocycles. The number of imide groups is 1. The molecule has 19 nitrogen and oxygen atoms in total. The van der Waals surface area contributed by atoms with E-state index in [1.54, 1.807) is 20.9 Å². The van der Waals surface area contributed by atoms with Gasteiger partial charge in [0.05, 0.1) is 35.5 Å². The number of aryl methyl sites for hydroxylation is 4. The molecule has 1 unspecified atom stereocenters. The number of halogens is 2. The summed E-state index contributed by atoms with van der Waals surface area (Å²) in [5.74, 6) is -3.45. The summed E-state index contributed by atoms with van der Waals surface area (Å²) in [6.07, 6.45) is 6.03. The van der Waals surface area contributed by atoms with E-state index in [-0.39, 0.29) is 69.1 Å². The number of hydrogen-bond donors (Lipinski definition) is 5. The lowest BCUT2D eigenvalue weighted by Gasteiger charge is -2.31. The molecular weight excluding hydrogens is 1080 g/mol. The monoisotopic (exact) mass is 1150 g/mol. The highest BCUT2D eigenvalue weighted by Crippen LogP contribution is 2.59. The van der Waals surface area contributed by atoms with Crippen LogP contribution in [-0.4, -0.2) is 91.4 Å². The number of benzene rings is 4. The Hall–Kier alpha value is -7.29. The van der Waals surface area contributed by atoms with Gasteiger partial charge < -0.3 is 30.3 Å². The number of hydrogen-bond acceptors (Lipinski definition) is 11. The standard InChI is InChI=1S/C60H69F2N6O13P/c1-36(41-20-22-45(23-21-41)60(61,62)82(77,78)79)30-47(70)32-44-19-18-42-10-6-11-43-33-52(68(55(42)43)58(44)75)57(74)64-48(24-27-53(63)71)37(2)81-34-40-15-13-38(14-16-40)8-4-5-12-46(69)35-80-29-7-9-39-17-25-49-51(31-39)66(3)59(76)67(49)50-26-28-54(72)65-56(50)73/h6,10-11,13-17,20-23,25,30-31,37,44,48,50,52H,4-5,7-9,12,18-19,24,26-29,32-35H2,1-3H3,(H2,63,71)(H,64,74)(H,65,72,73)(H2,77,78,79)/b36-30+/t37-,44-,48+,50?,52+/m1/s1. The SMILES string of the molecule is C/C(=C\C(=O)C[C@H]1CCc2cccc3c2N(C1=O)[C@H](C(=O)N[C@@H](CCC(N)=O)[C@@H](C)OCc1ccc(CCCCC(=O)COCCCc2ccc4c(c2)n(C)c(=O)n4C2CCC(=O)NC2=O)cc1)C3)c1ccc(C(F)(F)P(=O)(O)O)cc1. The average molecular weight is 1150 g/mol. The Kier molecular flexibility index (Phi) is 19.5. The smallest absolute Gasteiger partial charge is 0.374 e. The third kappa shape index (κ3) is 14.3. The van der Waals surface area contributed by atoms with Gasteiger partial charge in [-0.2, -0.15) is 8.78 Å². The molecule has 5 amide bonds. The molecule has 436 valence electrons. The van der Waals surface area contributed by atoms with Crippen molar-refractivity contribution >= 4 is 71.0 Å². The number of carbonyl (C=O) groups is 7. The fraction of sp³-hybridized carbons (Fsp3) is 0.433. The maximum absolute atomic E-state index is 14.5. The highest BCUT2D eigenvalue weighted by Gasteiger charge is 2.50. The average Bonchev–Trinajstić information content (AvgIpc) is 4.15. The van der Waals surface area contributed by atoms with Crippen molar-refractivity contribution in [3.05, 3.63) is 140 Å². The summed E-state index contributed by atoms with van der Waals surface area (Å²) in [4.78, 5) is 124. The number of anilines is 1. The maximum atomic E-state index is 14.5. The van der Waals surface area contributed by atoms with Crippen LogP contribution in [0.1, 0.15) is 123 Å². The van der Waals surface area contributed by atoms with Gasteiger partial charge in [-0.1, -0.05) is 72.8 Å². The van der Waals surface area contributed by atoms with Crippen LogP contribution in [0.15, 0.2) is 95.8 Å². The summed E-state index contributed by atoms with van der Waals surface area (Å²) >= 11 is 0. The highest BCUT2D eigenvalue weighted by molar-refractivity contribution is 7.52. The van der Waals surface area contributed by atoms with Crippen LogP contribution in [0.4, 0.5) is 14.5 Å². The van der Waals surface area contributed by atoms with E-state index in [0.717, 1.165) is 52.8 Å². The number of nitrogens with zero attached hydrogens (tertiary/aromatic N) is 3. The predicted octanol–water partition coefficient (Wildman–Crippen LogP) is 6.71. The van der Waals surface area contributed by atoms with Gasteiger partial charge in [-0.15, -0.1) is 0 Å². The van der Waals surface area contributed by atoms with Crippen molar-refractivity contribution in [2.45, 2.75) is 140 Å². The number of ether oxygens (including phenoxy) is 2. The second-order valence-corrected chi connectivity index (χ2v) is 23.3. The number of nitrogens with one attached hydrogen (secondary N) is 2. The van der Waals surface area contributed by atoms with Crippen LogP contribution in [0.5, 0.6) is 0 Å². The topological polar surface area (TPSA) is 276 Å². The Morgan fingerprint density at radius 1 is 0.878 bits per heavy atom. The van der Waals surface area contributed by atoms with Gasteiger partial charge in [-0.3, -0.25) is 57.5 Å². The number of Topliss-reactive ketones (excluding diaryl/α,β-unsaturated/α-hetero) is 1. The van der Waals surface area contributed by atoms with E-state index in [2.05, 4.69) is 10.6 Å². The van der Waals surface area contributed by atoms with Crippen LogP contribution >= 0.6 is 7.60 Å². The van der Waals surface area contributed by atoms with Crippen molar-refractivity contribution in [2.75, 3.05) is 18.1 Å². The minimum atomic E-state index is -5.77. The lowest BCUT2D eigenvalue weighted by atomic mass is 9.92. The lowest BCUT2D eigenvalue weighted by molar-refractivity contribution is -0.136. The molecule has 0 bridgehead atoms. The first-order chi connectivity index (χ1) is 39.0. The van der Waals surface area contributed by atoms with E-state index < -0.39 is 78.4 Å². The Bertz CT molecular complexity index is 3390. The number of piperidine rings is 1. The largest absolute Gasteiger partial charge is 0.399 e. The first-order valence-electron chi connectivity index (χ1n) is 27.6. The molecule has 22 heteroatoms. The summed E-state index contributed by atoms with van der Waals surface area (Å²) in [6.45, 7) is 3.97. The molecule has 5 atom stereocenters. The van der Waals surface area contributed by atoms with Crippen molar-refractivity contribution < 1.29 is 66.2 Å². The number of ketones is 2. The van der Waals surface area contributed by atoms with E-state index >= 15 is 0 Å². The summed E-state index contributed by atoms with van der Waals surface area (Å²) < 4.78 is 54.8. The lowest BCUT2D eigenvalue weighted by Crippen LogP contribution is -2.54. The Morgan fingerprint density at radius 3 is 2.28 bits per heavy atom. The van der Waals surface area contributed by atoms with E-state index in [9.17, 15) is 51.7 Å². The molecule has 3 aliphatic rings. The molecule has 0 radical (unpaired) electrons. The van der Waals surface area contributed by atoms with Crippen molar-refractivity contribution in [2.24, 2.45) is 18.7 Å². The summed E-state index contributed by atoms with van der Waals surface area (Å²) in [5.41, 5.74) is 7.26. The molecule has 4 aromatic carbocycles. The number of unbranched alkanes of at least 4 members (excludes halogenated alkanes) is 1. The molecule has 0 spiro atoms. The molecule has 82 heavy (non-hydrogen) atoms. The minimum Gasteiger partial charge on any atom is -0.374 e. The molecule has 4 heterocycles. The first-order valence-corrected chi connectivity index (χ1v) is 29.2. The minimum absolute atomic E-state index is 0.0186. The molecule has 3 aliphatic heterocycles. The van der Waals surface area contributed by atoms with E-state index in [1.807, 2.05) is 60.7 Å². The number of para-hydroxylation sites is 1. The molecule has 5 aromatic rings. The molecule has 1 aromatic heterocycles. The zero-order chi connectivity index (χ0) is 59.0. The molecular formula is C60H69F2N6O13P. The molecule has 8 rings (SSSR count). The number of imidazole rings is 1. The molecule has 1 saturated heterocycles. The van der Waals surface area contributed by atoms with Crippen LogP contribution in [0.25, 0.3) is 16.6 Å². The van der Waals surface area contributed by atoms with Crippen molar-refractivity contribution in [1.29, 1.82) is 0 Å². The van der Waals surface area contributed by atoms with Gasteiger partial charge in [0.15, 0.2) is 11.6 Å². The van der Waals surface area contributed by atoms with E-state index in [4.69, 9.17) is 25.0 Å². The number of aromatic nitrogens is 2. The summed E-state index contributed by atoms with van der Waals surface area (Å²) in [7, 11) is -4.12. The number of rotatable bonds is 27. The third-order valence-electron chi connectivity index (χ3n) is 15.7. The van der Waals surface area contributed by atoms with Crippen molar-refractivity contribution in [3.8, 4) is 0 Å². The van der Waals surface area contributed by atoms with E-state index in [0.29, 0.717) is 73.0 Å². The Labute approximate surface area is 472 Å². The second-order valence-electron chi connectivity index (χ2n) is 21.6. The van der Waals surface area contributed by atoms with Crippen LogP contribution in [0.2, 0.25) is 0 Å². The zero-order valence-electron chi connectivity index (χ0n) is 46.1.